The lowest BCUT2D eigenvalue weighted by Gasteiger charge is -2.14. The molecule has 0 saturated carbocycles. The molecule has 6 heteroatoms. The summed E-state index contributed by atoms with van der Waals surface area (Å²) >= 11 is 0. The molecule has 0 radical (unpaired) electrons. The van der Waals surface area contributed by atoms with Crippen molar-refractivity contribution in [2.75, 3.05) is 32.1 Å². The topological polar surface area (TPSA) is 78.9 Å². The van der Waals surface area contributed by atoms with Gasteiger partial charge in [0.05, 0.1) is 6.54 Å². The highest BCUT2D eigenvalue weighted by atomic mass is 16.5. The molecule has 0 fully saturated rings. The minimum atomic E-state index is -1.50. The van der Waals surface area contributed by atoms with Crippen LogP contribution in [0.1, 0.15) is 0 Å². The highest BCUT2D eigenvalue weighted by Crippen LogP contribution is 2.18. The predicted molar refractivity (Wildman–Crippen MR) is 66.9 cm³/mol. The molecule has 0 heterocycles. The van der Waals surface area contributed by atoms with Crippen LogP contribution in [0.3, 0.4) is 0 Å². The Kier molecular flexibility index (Phi) is 4.98. The largest absolute Gasteiger partial charge is 0.492 e. The summed E-state index contributed by atoms with van der Waals surface area (Å²) in [5.41, 5.74) is 1.00. The zero-order chi connectivity index (χ0) is 13.5. The monoisotopic (exact) mass is 252 g/mol. The number of carboxylic acids is 1. The third-order valence-electron chi connectivity index (χ3n) is 2.18. The van der Waals surface area contributed by atoms with E-state index in [1.54, 1.807) is 6.07 Å². The zero-order valence-corrected chi connectivity index (χ0v) is 10.3. The molecule has 0 atom stereocenters. The van der Waals surface area contributed by atoms with Crippen molar-refractivity contribution in [3.05, 3.63) is 24.3 Å². The molecule has 1 rings (SSSR count). The van der Waals surface area contributed by atoms with E-state index in [0.29, 0.717) is 5.75 Å². The van der Waals surface area contributed by atoms with E-state index in [9.17, 15) is 9.59 Å². The fraction of sp³-hybridized carbons (Fsp3) is 0.333. The number of hydrogen-bond acceptors (Lipinski definition) is 4. The summed E-state index contributed by atoms with van der Waals surface area (Å²) < 4.78 is 5.39. The Bertz CT molecular complexity index is 432. The lowest BCUT2D eigenvalue weighted by molar-refractivity contribution is -0.150. The first-order chi connectivity index (χ1) is 8.50. The van der Waals surface area contributed by atoms with Crippen LogP contribution in [-0.4, -0.2) is 44.2 Å². The minimum absolute atomic E-state index is 0.150. The van der Waals surface area contributed by atoms with Crippen LogP contribution in [0.15, 0.2) is 24.3 Å². The van der Waals surface area contributed by atoms with E-state index < -0.39 is 11.9 Å². The smallest absolute Gasteiger partial charge is 0.394 e. The molecule has 18 heavy (non-hydrogen) atoms. The first-order valence-electron chi connectivity index (χ1n) is 5.42. The first kappa shape index (κ1) is 13.8. The van der Waals surface area contributed by atoms with Crippen molar-refractivity contribution >= 4 is 17.6 Å². The number of benzene rings is 1. The third kappa shape index (κ3) is 4.32. The molecular weight excluding hydrogens is 236 g/mol. The predicted octanol–water partition coefficient (Wildman–Crippen LogP) is 0.332. The van der Waals surface area contributed by atoms with Gasteiger partial charge >= 0.3 is 11.9 Å². The van der Waals surface area contributed by atoms with Gasteiger partial charge in [-0.25, -0.2) is 4.79 Å². The lowest BCUT2D eigenvalue weighted by atomic mass is 10.3. The van der Waals surface area contributed by atoms with Crippen molar-refractivity contribution in [3.63, 3.8) is 0 Å². The minimum Gasteiger partial charge on any atom is -0.492 e. The number of carboxylic acid groups (broad SMARTS) is 1. The summed E-state index contributed by atoms with van der Waals surface area (Å²) in [6.45, 7) is 0.368. The van der Waals surface area contributed by atoms with Crippen LogP contribution in [0.5, 0.6) is 5.75 Å². The maximum Gasteiger partial charge on any atom is 0.394 e. The summed E-state index contributed by atoms with van der Waals surface area (Å²) in [7, 11) is 3.85. The SMILES string of the molecule is CN(C)c1cccc(OCCNC(=O)C(=O)O)c1. The Morgan fingerprint density at radius 3 is 2.72 bits per heavy atom. The number of ether oxygens (including phenoxy) is 1. The maximum absolute atomic E-state index is 10.7. The maximum atomic E-state index is 10.7. The van der Waals surface area contributed by atoms with Crippen molar-refractivity contribution < 1.29 is 19.4 Å². The number of rotatable bonds is 5. The van der Waals surface area contributed by atoms with Gasteiger partial charge in [0.15, 0.2) is 0 Å². The molecule has 1 aromatic carbocycles. The number of aliphatic carboxylic acids is 1. The van der Waals surface area contributed by atoms with Crippen molar-refractivity contribution in [1.82, 2.24) is 5.32 Å². The molecule has 98 valence electrons. The molecular formula is C12H16N2O4. The Labute approximate surface area is 105 Å². The molecule has 0 unspecified atom stereocenters. The Morgan fingerprint density at radius 1 is 1.39 bits per heavy atom. The van der Waals surface area contributed by atoms with Crippen LogP contribution >= 0.6 is 0 Å². The van der Waals surface area contributed by atoms with E-state index in [1.807, 2.05) is 37.2 Å². The van der Waals surface area contributed by atoms with Gasteiger partial charge in [0, 0.05) is 25.8 Å². The first-order valence-corrected chi connectivity index (χ1v) is 5.42. The second kappa shape index (κ2) is 6.48. The van der Waals surface area contributed by atoms with Gasteiger partial charge in [-0.3, -0.25) is 4.79 Å². The van der Waals surface area contributed by atoms with Crippen molar-refractivity contribution in [3.8, 4) is 5.75 Å². The van der Waals surface area contributed by atoms with Crippen LogP contribution in [0, 0.1) is 0 Å². The van der Waals surface area contributed by atoms with E-state index in [1.165, 1.54) is 0 Å². The zero-order valence-electron chi connectivity index (χ0n) is 10.3. The number of anilines is 1. The second-order valence-electron chi connectivity index (χ2n) is 3.80. The van der Waals surface area contributed by atoms with Crippen molar-refractivity contribution in [2.24, 2.45) is 0 Å². The standard InChI is InChI=1S/C12H16N2O4/c1-14(2)9-4-3-5-10(8-9)18-7-6-13-11(15)12(16)17/h3-5,8H,6-7H2,1-2H3,(H,13,15)(H,16,17). The molecule has 0 aromatic heterocycles. The van der Waals surface area contributed by atoms with Gasteiger partial charge in [0.1, 0.15) is 12.4 Å². The fourth-order valence-electron chi connectivity index (χ4n) is 1.26. The van der Waals surface area contributed by atoms with Gasteiger partial charge in [-0.05, 0) is 12.1 Å². The molecule has 1 amide bonds. The Hall–Kier alpha value is -2.24. The Balaban J connectivity index is 2.38. The number of carbonyl (C=O) groups excluding carboxylic acids is 1. The normalized spacial score (nSPS) is 9.67. The van der Waals surface area contributed by atoms with Crippen LogP contribution in [-0.2, 0) is 9.59 Å². The van der Waals surface area contributed by atoms with E-state index in [-0.39, 0.29) is 13.2 Å². The van der Waals surface area contributed by atoms with Crippen LogP contribution in [0.4, 0.5) is 5.69 Å². The molecule has 0 bridgehead atoms. The summed E-state index contributed by atoms with van der Waals surface area (Å²) in [5.74, 6) is -1.85. The molecule has 0 aliphatic carbocycles. The highest BCUT2D eigenvalue weighted by molar-refractivity contribution is 6.31. The average molecular weight is 252 g/mol. The van der Waals surface area contributed by atoms with Gasteiger partial charge in [-0.2, -0.15) is 0 Å². The summed E-state index contributed by atoms with van der Waals surface area (Å²) in [6.07, 6.45) is 0. The third-order valence-corrected chi connectivity index (χ3v) is 2.18. The van der Waals surface area contributed by atoms with Gasteiger partial charge < -0.3 is 20.1 Å². The van der Waals surface area contributed by atoms with Crippen molar-refractivity contribution in [2.45, 2.75) is 0 Å². The molecule has 0 aliphatic rings. The van der Waals surface area contributed by atoms with Crippen LogP contribution in [0.25, 0.3) is 0 Å². The molecule has 0 aliphatic heterocycles. The molecule has 0 spiro atoms. The van der Waals surface area contributed by atoms with E-state index in [0.717, 1.165) is 5.69 Å². The fourth-order valence-corrected chi connectivity index (χ4v) is 1.26. The number of carbonyl (C=O) groups is 2. The van der Waals surface area contributed by atoms with E-state index >= 15 is 0 Å². The second-order valence-corrected chi connectivity index (χ2v) is 3.80. The van der Waals surface area contributed by atoms with Crippen molar-refractivity contribution in [1.29, 1.82) is 0 Å². The molecule has 1 aromatic rings. The summed E-state index contributed by atoms with van der Waals surface area (Å²) in [5, 5.41) is 10.6. The Morgan fingerprint density at radius 2 is 2.11 bits per heavy atom. The van der Waals surface area contributed by atoms with Gasteiger partial charge in [0.25, 0.3) is 0 Å². The molecule has 0 saturated heterocycles. The van der Waals surface area contributed by atoms with E-state index in [4.69, 9.17) is 9.84 Å². The number of nitrogens with zero attached hydrogens (tertiary/aromatic N) is 1. The lowest BCUT2D eigenvalue weighted by Crippen LogP contribution is -2.33. The van der Waals surface area contributed by atoms with Crippen LogP contribution < -0.4 is 15.0 Å². The molecule has 2 N–H and O–H groups in total. The highest BCUT2D eigenvalue weighted by Gasteiger charge is 2.09. The van der Waals surface area contributed by atoms with Gasteiger partial charge in [-0.1, -0.05) is 6.07 Å². The number of hydrogen-bond donors (Lipinski definition) is 2. The quantitative estimate of drug-likeness (QED) is 0.583. The number of nitrogens with one attached hydrogen (secondary N) is 1. The van der Waals surface area contributed by atoms with Gasteiger partial charge in [-0.15, -0.1) is 0 Å². The van der Waals surface area contributed by atoms with E-state index in [2.05, 4.69) is 5.32 Å². The summed E-state index contributed by atoms with van der Waals surface area (Å²) in [6, 6.07) is 7.46. The van der Waals surface area contributed by atoms with Gasteiger partial charge in [0.2, 0.25) is 0 Å². The van der Waals surface area contributed by atoms with Crippen LogP contribution in [0.2, 0.25) is 0 Å². The average Bonchev–Trinajstić information content (AvgIpc) is 2.34. The number of amides is 1. The molecule has 6 nitrogen and oxygen atoms in total. The summed E-state index contributed by atoms with van der Waals surface area (Å²) in [4.78, 5) is 22.9.